The number of benzene rings is 1. The molecule has 0 unspecified atom stereocenters. The molecule has 1 saturated heterocycles. The van der Waals surface area contributed by atoms with Crippen molar-refractivity contribution in [1.82, 2.24) is 19.7 Å². The van der Waals surface area contributed by atoms with E-state index in [1.165, 1.54) is 35.3 Å². The zero-order valence-electron chi connectivity index (χ0n) is 15.1. The number of aromatic amines is 1. The Hall–Kier alpha value is -2.47. The van der Waals surface area contributed by atoms with Crippen LogP contribution in [0.4, 0.5) is 13.2 Å². The first-order valence-electron chi connectivity index (χ1n) is 8.67. The molecule has 0 radical (unpaired) electrons. The van der Waals surface area contributed by atoms with Crippen molar-refractivity contribution in [3.8, 4) is 11.6 Å². The van der Waals surface area contributed by atoms with Gasteiger partial charge in [-0.05, 0) is 42.5 Å². The van der Waals surface area contributed by atoms with Crippen LogP contribution in [0, 0.1) is 4.77 Å². The fourth-order valence-electron chi connectivity index (χ4n) is 3.03. The van der Waals surface area contributed by atoms with Crippen molar-refractivity contribution < 1.29 is 27.4 Å². The van der Waals surface area contributed by atoms with Gasteiger partial charge < -0.3 is 14.2 Å². The first-order valence-corrected chi connectivity index (χ1v) is 9.46. The van der Waals surface area contributed by atoms with Crippen molar-refractivity contribution in [3.05, 3.63) is 63.8 Å². The van der Waals surface area contributed by atoms with E-state index in [2.05, 4.69) is 15.1 Å². The standard InChI is InChI=1S/C18H14ClF3N4O3S/c19-11-1-3-12(4-2-11)29-14-6-5-13(15(25-14)18(20,21)22)17(27-7-8-28-17)9-26-16(30)23-10-24-26/h1-6,10H,7-9H2,(H,23,24,30). The van der Waals surface area contributed by atoms with Crippen LogP contribution in [0.25, 0.3) is 0 Å². The maximum atomic E-state index is 13.9. The van der Waals surface area contributed by atoms with E-state index in [-0.39, 0.29) is 36.0 Å². The first-order chi connectivity index (χ1) is 14.3. The lowest BCUT2D eigenvalue weighted by atomic mass is 10.0. The SMILES string of the molecule is FC(F)(F)c1nc(Oc2ccc(Cl)cc2)ccc1C1(Cn2[nH]cnc2=S)OCCO1. The van der Waals surface area contributed by atoms with Crippen LogP contribution in [-0.4, -0.2) is 33.0 Å². The van der Waals surface area contributed by atoms with E-state index in [0.717, 1.165) is 0 Å². The maximum absolute atomic E-state index is 13.9. The summed E-state index contributed by atoms with van der Waals surface area (Å²) < 4.78 is 59.9. The lowest BCUT2D eigenvalue weighted by molar-refractivity contribution is -0.189. The van der Waals surface area contributed by atoms with E-state index in [1.807, 2.05) is 0 Å². The summed E-state index contributed by atoms with van der Waals surface area (Å²) in [6.07, 6.45) is -3.45. The Kier molecular flexibility index (Phi) is 5.53. The van der Waals surface area contributed by atoms with Gasteiger partial charge in [-0.1, -0.05) is 11.6 Å². The fourth-order valence-corrected chi connectivity index (χ4v) is 3.33. The van der Waals surface area contributed by atoms with Crippen LogP contribution in [0.15, 0.2) is 42.7 Å². The summed E-state index contributed by atoms with van der Waals surface area (Å²) >= 11 is 10.9. The second-order valence-electron chi connectivity index (χ2n) is 6.31. The van der Waals surface area contributed by atoms with Gasteiger partial charge in [-0.15, -0.1) is 0 Å². The molecule has 0 atom stereocenters. The van der Waals surface area contributed by atoms with Crippen LogP contribution >= 0.6 is 23.8 Å². The van der Waals surface area contributed by atoms with Crippen molar-refractivity contribution in [2.24, 2.45) is 0 Å². The monoisotopic (exact) mass is 458 g/mol. The molecular weight excluding hydrogens is 445 g/mol. The third-order valence-corrected chi connectivity index (χ3v) is 4.90. The summed E-state index contributed by atoms with van der Waals surface area (Å²) in [7, 11) is 0. The summed E-state index contributed by atoms with van der Waals surface area (Å²) in [6, 6.07) is 8.70. The van der Waals surface area contributed by atoms with Gasteiger partial charge in [0.1, 0.15) is 18.6 Å². The summed E-state index contributed by atoms with van der Waals surface area (Å²) in [5.41, 5.74) is -1.46. The number of hydrogen-bond donors (Lipinski definition) is 1. The van der Waals surface area contributed by atoms with Gasteiger partial charge in [-0.3, -0.25) is 9.78 Å². The predicted molar refractivity (Wildman–Crippen MR) is 102 cm³/mol. The highest BCUT2D eigenvalue weighted by atomic mass is 35.5. The Labute approximate surface area is 178 Å². The Morgan fingerprint density at radius 3 is 2.47 bits per heavy atom. The van der Waals surface area contributed by atoms with Crippen LogP contribution < -0.4 is 4.74 Å². The van der Waals surface area contributed by atoms with E-state index < -0.39 is 17.7 Å². The number of ether oxygens (including phenoxy) is 3. The zero-order chi connectivity index (χ0) is 21.4. The summed E-state index contributed by atoms with van der Waals surface area (Å²) in [6.45, 7) is 0.0670. The average Bonchev–Trinajstić information content (AvgIpc) is 3.33. The molecule has 1 N–H and O–H groups in total. The molecule has 1 aliphatic heterocycles. The van der Waals surface area contributed by atoms with Crippen LogP contribution in [-0.2, 0) is 28.0 Å². The summed E-state index contributed by atoms with van der Waals surface area (Å²) in [5.74, 6) is -1.68. The molecule has 158 valence electrons. The lowest BCUT2D eigenvalue weighted by Gasteiger charge is -2.30. The third kappa shape index (κ3) is 4.19. The van der Waals surface area contributed by atoms with E-state index in [9.17, 15) is 13.2 Å². The Morgan fingerprint density at radius 2 is 1.87 bits per heavy atom. The van der Waals surface area contributed by atoms with Crippen LogP contribution in [0.5, 0.6) is 11.6 Å². The van der Waals surface area contributed by atoms with Gasteiger partial charge in [-0.2, -0.15) is 13.2 Å². The molecule has 1 aromatic carbocycles. The normalized spacial score (nSPS) is 16.0. The minimum atomic E-state index is -4.79. The molecule has 3 heterocycles. The molecule has 30 heavy (non-hydrogen) atoms. The highest BCUT2D eigenvalue weighted by molar-refractivity contribution is 7.71. The molecule has 7 nitrogen and oxygen atoms in total. The first kappa shape index (κ1) is 20.8. The van der Waals surface area contributed by atoms with Gasteiger partial charge in [-0.25, -0.2) is 9.97 Å². The topological polar surface area (TPSA) is 74.2 Å². The highest BCUT2D eigenvalue weighted by Gasteiger charge is 2.48. The lowest BCUT2D eigenvalue weighted by Crippen LogP contribution is -2.36. The van der Waals surface area contributed by atoms with E-state index in [0.29, 0.717) is 10.8 Å². The Bertz CT molecular complexity index is 1100. The van der Waals surface area contributed by atoms with Gasteiger partial charge in [0.15, 0.2) is 5.69 Å². The van der Waals surface area contributed by atoms with E-state index in [4.69, 9.17) is 38.0 Å². The Balaban J connectivity index is 1.75. The largest absolute Gasteiger partial charge is 0.439 e. The number of halogens is 4. The van der Waals surface area contributed by atoms with Gasteiger partial charge in [0, 0.05) is 16.7 Å². The second-order valence-corrected chi connectivity index (χ2v) is 7.11. The molecule has 0 amide bonds. The zero-order valence-corrected chi connectivity index (χ0v) is 16.7. The number of alkyl halides is 3. The fraction of sp³-hybridized carbons (Fsp3) is 0.278. The van der Waals surface area contributed by atoms with Crippen molar-refractivity contribution >= 4 is 23.8 Å². The van der Waals surface area contributed by atoms with E-state index >= 15 is 0 Å². The molecule has 0 spiro atoms. The molecule has 1 aliphatic rings. The molecule has 2 aromatic heterocycles. The predicted octanol–water partition coefficient (Wildman–Crippen LogP) is 4.70. The molecular formula is C18H14ClF3N4O3S. The third-order valence-electron chi connectivity index (χ3n) is 4.32. The van der Waals surface area contributed by atoms with Gasteiger partial charge in [0.05, 0.1) is 13.2 Å². The molecule has 0 bridgehead atoms. The maximum Gasteiger partial charge on any atom is 0.433 e. The number of H-pyrrole nitrogens is 1. The smallest absolute Gasteiger partial charge is 0.433 e. The number of hydrogen-bond acceptors (Lipinski definition) is 6. The van der Waals surface area contributed by atoms with Crippen molar-refractivity contribution in [3.63, 3.8) is 0 Å². The van der Waals surface area contributed by atoms with Crippen LogP contribution in [0.2, 0.25) is 5.02 Å². The van der Waals surface area contributed by atoms with Crippen molar-refractivity contribution in [2.45, 2.75) is 18.5 Å². The quantitative estimate of drug-likeness (QED) is 0.559. The van der Waals surface area contributed by atoms with Crippen molar-refractivity contribution in [1.29, 1.82) is 0 Å². The molecule has 3 aromatic rings. The van der Waals surface area contributed by atoms with Crippen molar-refractivity contribution in [2.75, 3.05) is 13.2 Å². The Morgan fingerprint density at radius 1 is 1.17 bits per heavy atom. The van der Waals surface area contributed by atoms with Gasteiger partial charge in [0.2, 0.25) is 16.4 Å². The molecule has 0 saturated carbocycles. The molecule has 1 fully saturated rings. The minimum Gasteiger partial charge on any atom is -0.439 e. The summed E-state index contributed by atoms with van der Waals surface area (Å²) in [5, 5.41) is 3.21. The molecule has 12 heteroatoms. The number of nitrogens with zero attached hydrogens (tertiary/aromatic N) is 3. The average molecular weight is 459 g/mol. The molecule has 4 rings (SSSR count). The van der Waals surface area contributed by atoms with Crippen LogP contribution in [0.3, 0.4) is 0 Å². The number of pyridine rings is 1. The highest BCUT2D eigenvalue weighted by Crippen LogP contribution is 2.42. The number of aromatic nitrogens is 4. The van der Waals surface area contributed by atoms with Crippen LogP contribution in [0.1, 0.15) is 11.3 Å². The molecule has 0 aliphatic carbocycles. The second kappa shape index (κ2) is 7.99. The number of nitrogens with one attached hydrogen (secondary N) is 1. The minimum absolute atomic E-state index is 0.113. The number of rotatable bonds is 5. The van der Waals surface area contributed by atoms with E-state index in [1.54, 1.807) is 12.1 Å². The van der Waals surface area contributed by atoms with Gasteiger partial charge >= 0.3 is 6.18 Å². The summed E-state index contributed by atoms with van der Waals surface area (Å²) in [4.78, 5) is 7.57. The van der Waals surface area contributed by atoms with Gasteiger partial charge in [0.25, 0.3) is 0 Å².